The first-order valence-corrected chi connectivity index (χ1v) is 6.64. The van der Waals surface area contributed by atoms with Crippen LogP contribution in [0.25, 0.3) is 0 Å². The molecule has 7 heteroatoms. The third-order valence-electron chi connectivity index (χ3n) is 2.77. The Labute approximate surface area is 123 Å². The third-order valence-corrected chi connectivity index (χ3v) is 2.77. The number of benzene rings is 1. The van der Waals surface area contributed by atoms with Crippen LogP contribution in [0.3, 0.4) is 0 Å². The molecule has 0 spiro atoms. The Kier molecular flexibility index (Phi) is 6.19. The number of amides is 4. The van der Waals surface area contributed by atoms with Crippen molar-refractivity contribution in [3.63, 3.8) is 0 Å². The number of carbonyl (C=O) groups is 3. The number of hydrogen-bond acceptors (Lipinski definition) is 3. The summed E-state index contributed by atoms with van der Waals surface area (Å²) in [5.74, 6) is -0.559. The fraction of sp³-hybridized carbons (Fsp3) is 0.357. The molecule has 0 aromatic heterocycles. The highest BCUT2D eigenvalue weighted by atomic mass is 16.2. The number of nitrogens with one attached hydrogen (secondary N) is 3. The molecule has 7 nitrogen and oxygen atoms in total. The van der Waals surface area contributed by atoms with Gasteiger partial charge >= 0.3 is 6.03 Å². The van der Waals surface area contributed by atoms with Crippen molar-refractivity contribution in [1.82, 2.24) is 16.0 Å². The number of primary amides is 1. The Morgan fingerprint density at radius 2 is 1.76 bits per heavy atom. The minimum atomic E-state index is -0.604. The van der Waals surface area contributed by atoms with Gasteiger partial charge in [-0.05, 0) is 31.5 Å². The van der Waals surface area contributed by atoms with Crippen LogP contribution < -0.4 is 21.7 Å². The third kappa shape index (κ3) is 5.52. The van der Waals surface area contributed by atoms with Crippen LogP contribution >= 0.6 is 0 Å². The first-order valence-electron chi connectivity index (χ1n) is 6.64. The van der Waals surface area contributed by atoms with Crippen LogP contribution in [-0.2, 0) is 11.3 Å². The van der Waals surface area contributed by atoms with Gasteiger partial charge in [0.2, 0.25) is 5.91 Å². The van der Waals surface area contributed by atoms with E-state index in [-0.39, 0.29) is 11.8 Å². The molecule has 0 radical (unpaired) electrons. The summed E-state index contributed by atoms with van der Waals surface area (Å²) >= 11 is 0. The van der Waals surface area contributed by atoms with Crippen LogP contribution in [0.2, 0.25) is 0 Å². The quantitative estimate of drug-likeness (QED) is 0.596. The average Bonchev–Trinajstić information content (AvgIpc) is 2.45. The summed E-state index contributed by atoms with van der Waals surface area (Å²) in [5.41, 5.74) is 6.23. The second-order valence-electron chi connectivity index (χ2n) is 4.50. The van der Waals surface area contributed by atoms with Gasteiger partial charge < -0.3 is 21.7 Å². The van der Waals surface area contributed by atoms with Gasteiger partial charge in [0, 0.05) is 18.7 Å². The van der Waals surface area contributed by atoms with Gasteiger partial charge in [0.1, 0.15) is 6.04 Å². The predicted octanol–water partition coefficient (Wildman–Crippen LogP) is 0.109. The maximum Gasteiger partial charge on any atom is 0.312 e. The molecule has 0 heterocycles. The number of rotatable bonds is 6. The van der Waals surface area contributed by atoms with Crippen LogP contribution in [-0.4, -0.2) is 30.4 Å². The van der Waals surface area contributed by atoms with E-state index in [1.54, 1.807) is 31.2 Å². The van der Waals surface area contributed by atoms with Gasteiger partial charge in [-0.3, -0.25) is 9.59 Å². The number of likely N-dealkylation sites (N-methyl/N-ethyl adjacent to an activating group) is 1. The van der Waals surface area contributed by atoms with Gasteiger partial charge in [-0.1, -0.05) is 12.1 Å². The van der Waals surface area contributed by atoms with E-state index in [1.807, 2.05) is 6.92 Å². The molecule has 0 saturated carbocycles. The molecule has 0 fully saturated rings. The number of nitrogens with two attached hydrogens (primary N) is 1. The summed E-state index contributed by atoms with van der Waals surface area (Å²) in [7, 11) is 0. The van der Waals surface area contributed by atoms with Crippen molar-refractivity contribution in [2.75, 3.05) is 6.54 Å². The van der Waals surface area contributed by atoms with E-state index in [0.29, 0.717) is 18.7 Å². The SMILES string of the molecule is CCNC(=O)[C@@H](C)NC(=O)c1ccc(CNC(N)=O)cc1. The Morgan fingerprint density at radius 1 is 1.14 bits per heavy atom. The first kappa shape index (κ1) is 16.5. The van der Waals surface area contributed by atoms with Crippen molar-refractivity contribution in [3.8, 4) is 0 Å². The normalized spacial score (nSPS) is 11.3. The van der Waals surface area contributed by atoms with E-state index in [0.717, 1.165) is 5.56 Å². The number of hydrogen-bond donors (Lipinski definition) is 4. The van der Waals surface area contributed by atoms with E-state index in [9.17, 15) is 14.4 Å². The highest BCUT2D eigenvalue weighted by Crippen LogP contribution is 2.04. The van der Waals surface area contributed by atoms with Crippen molar-refractivity contribution in [2.24, 2.45) is 5.73 Å². The largest absolute Gasteiger partial charge is 0.355 e. The second-order valence-corrected chi connectivity index (χ2v) is 4.50. The molecule has 114 valence electrons. The van der Waals surface area contributed by atoms with E-state index in [1.165, 1.54) is 0 Å². The average molecular weight is 292 g/mol. The molecule has 21 heavy (non-hydrogen) atoms. The van der Waals surface area contributed by atoms with Gasteiger partial charge in [-0.15, -0.1) is 0 Å². The summed E-state index contributed by atoms with van der Waals surface area (Å²) in [6.07, 6.45) is 0. The molecule has 0 unspecified atom stereocenters. The molecule has 0 aliphatic carbocycles. The van der Waals surface area contributed by atoms with E-state index in [2.05, 4.69) is 16.0 Å². The van der Waals surface area contributed by atoms with Crippen molar-refractivity contribution >= 4 is 17.8 Å². The maximum atomic E-state index is 12.0. The van der Waals surface area contributed by atoms with E-state index < -0.39 is 12.1 Å². The van der Waals surface area contributed by atoms with Gasteiger partial charge in [0.05, 0.1) is 0 Å². The first-order chi connectivity index (χ1) is 9.93. The molecule has 0 aliphatic rings. The van der Waals surface area contributed by atoms with Crippen LogP contribution in [0.1, 0.15) is 29.8 Å². The summed E-state index contributed by atoms with van der Waals surface area (Å²) in [4.78, 5) is 34.1. The fourth-order valence-electron chi connectivity index (χ4n) is 1.64. The molecule has 1 aromatic carbocycles. The predicted molar refractivity (Wildman–Crippen MR) is 78.5 cm³/mol. The molecule has 0 aliphatic heterocycles. The standard InChI is InChI=1S/C14H20N4O3/c1-3-16-12(19)9(2)18-13(20)11-6-4-10(5-7-11)8-17-14(15)21/h4-7,9H,3,8H2,1-2H3,(H,16,19)(H,18,20)(H3,15,17,21)/t9-/m1/s1. The smallest absolute Gasteiger partial charge is 0.312 e. The minimum absolute atomic E-state index is 0.229. The van der Waals surface area contributed by atoms with Crippen LogP contribution in [0, 0.1) is 0 Å². The van der Waals surface area contributed by atoms with Crippen molar-refractivity contribution < 1.29 is 14.4 Å². The van der Waals surface area contributed by atoms with E-state index in [4.69, 9.17) is 5.73 Å². The molecular weight excluding hydrogens is 272 g/mol. The van der Waals surface area contributed by atoms with Crippen LogP contribution in [0.15, 0.2) is 24.3 Å². The molecule has 0 bridgehead atoms. The zero-order valence-corrected chi connectivity index (χ0v) is 12.1. The summed E-state index contributed by atoms with van der Waals surface area (Å²) in [6, 6.07) is 5.46. The molecule has 0 saturated heterocycles. The zero-order chi connectivity index (χ0) is 15.8. The summed E-state index contributed by atoms with van der Waals surface area (Å²) in [5, 5.41) is 7.70. The summed E-state index contributed by atoms with van der Waals surface area (Å²) in [6.45, 7) is 4.24. The highest BCUT2D eigenvalue weighted by molar-refractivity contribution is 5.97. The molecule has 5 N–H and O–H groups in total. The zero-order valence-electron chi connectivity index (χ0n) is 12.1. The lowest BCUT2D eigenvalue weighted by atomic mass is 10.1. The Bertz CT molecular complexity index is 513. The Hall–Kier alpha value is -2.57. The van der Waals surface area contributed by atoms with Crippen LogP contribution in [0.4, 0.5) is 4.79 Å². The highest BCUT2D eigenvalue weighted by Gasteiger charge is 2.15. The number of carbonyl (C=O) groups excluding carboxylic acids is 3. The lowest BCUT2D eigenvalue weighted by Crippen LogP contribution is -2.44. The lowest BCUT2D eigenvalue weighted by Gasteiger charge is -2.13. The second kappa shape index (κ2) is 7.88. The molecule has 1 atom stereocenters. The Balaban J connectivity index is 2.58. The van der Waals surface area contributed by atoms with Crippen molar-refractivity contribution in [3.05, 3.63) is 35.4 Å². The topological polar surface area (TPSA) is 113 Å². The molecule has 4 amide bonds. The lowest BCUT2D eigenvalue weighted by molar-refractivity contribution is -0.122. The molecular formula is C14H20N4O3. The van der Waals surface area contributed by atoms with Crippen LogP contribution in [0.5, 0.6) is 0 Å². The maximum absolute atomic E-state index is 12.0. The summed E-state index contributed by atoms with van der Waals surface area (Å²) < 4.78 is 0. The monoisotopic (exact) mass is 292 g/mol. The van der Waals surface area contributed by atoms with Crippen molar-refractivity contribution in [1.29, 1.82) is 0 Å². The van der Waals surface area contributed by atoms with Crippen molar-refractivity contribution in [2.45, 2.75) is 26.4 Å². The van der Waals surface area contributed by atoms with Gasteiger partial charge in [-0.2, -0.15) is 0 Å². The molecule has 1 rings (SSSR count). The number of urea groups is 1. The van der Waals surface area contributed by atoms with Gasteiger partial charge in [0.15, 0.2) is 0 Å². The molecule has 1 aromatic rings. The van der Waals surface area contributed by atoms with Gasteiger partial charge in [0.25, 0.3) is 5.91 Å². The minimum Gasteiger partial charge on any atom is -0.355 e. The fourth-order valence-corrected chi connectivity index (χ4v) is 1.64. The Morgan fingerprint density at radius 3 is 2.29 bits per heavy atom. The van der Waals surface area contributed by atoms with E-state index >= 15 is 0 Å². The van der Waals surface area contributed by atoms with Gasteiger partial charge in [-0.25, -0.2) is 4.79 Å².